The van der Waals surface area contributed by atoms with Crippen LogP contribution in [0.4, 0.5) is 10.5 Å². The van der Waals surface area contributed by atoms with E-state index in [2.05, 4.69) is 29.6 Å². The molecule has 2 atom stereocenters. The van der Waals surface area contributed by atoms with Crippen molar-refractivity contribution in [2.24, 2.45) is 0 Å². The van der Waals surface area contributed by atoms with Crippen molar-refractivity contribution in [3.8, 4) is 17.1 Å². The zero-order valence-corrected chi connectivity index (χ0v) is 35.7. The highest BCUT2D eigenvalue weighted by molar-refractivity contribution is 5.96. The molecule has 4 N–H and O–H groups in total. The Kier molecular flexibility index (Phi) is 11.9. The molecule has 1 unspecified atom stereocenters. The first kappa shape index (κ1) is 42.8. The molecule has 310 valence electrons. The Labute approximate surface area is 348 Å². The Morgan fingerprint density at radius 3 is 2.43 bits per heavy atom. The molecule has 0 bridgehead atoms. The van der Waals surface area contributed by atoms with Crippen LogP contribution in [0.2, 0.25) is 0 Å². The second-order valence-corrected chi connectivity index (χ2v) is 17.2. The van der Waals surface area contributed by atoms with Gasteiger partial charge in [-0.15, -0.1) is 0 Å². The number of piperidine rings is 1. The maximum absolute atomic E-state index is 13.6. The molecule has 2 amide bonds. The molecule has 2 aromatic heterocycles. The van der Waals surface area contributed by atoms with Gasteiger partial charge < -0.3 is 56.4 Å². The molecule has 3 aliphatic heterocycles. The van der Waals surface area contributed by atoms with Crippen LogP contribution in [-0.2, 0) is 50.9 Å². The van der Waals surface area contributed by atoms with Crippen molar-refractivity contribution in [3.63, 3.8) is 0 Å². The van der Waals surface area contributed by atoms with E-state index in [0.717, 1.165) is 59.0 Å². The molecule has 14 nitrogen and oxygen atoms in total. The van der Waals surface area contributed by atoms with Gasteiger partial charge in [-0.05, 0) is 70.5 Å². The van der Waals surface area contributed by atoms with E-state index >= 15 is 0 Å². The molecular formula is C43H53BrN6O8. The average molecular weight is 862 g/mol. The molecular weight excluding hydrogens is 808 g/mol. The number of fused-ring (bicyclic) bond motifs is 5. The van der Waals surface area contributed by atoms with Gasteiger partial charge >= 0.3 is 12.1 Å². The van der Waals surface area contributed by atoms with E-state index in [1.54, 1.807) is 57.4 Å². The second-order valence-electron chi connectivity index (χ2n) is 17.2. The van der Waals surface area contributed by atoms with Crippen molar-refractivity contribution in [1.82, 2.24) is 19.8 Å². The predicted molar refractivity (Wildman–Crippen MR) is 214 cm³/mol. The summed E-state index contributed by atoms with van der Waals surface area (Å²) >= 11 is 0. The Morgan fingerprint density at radius 2 is 1.78 bits per heavy atom. The smallest absolute Gasteiger partial charge is 0.408 e. The number of nitrogens with zero attached hydrogens (tertiary/aromatic N) is 4. The first-order chi connectivity index (χ1) is 26.9. The Balaban J connectivity index is 0.00000567. The topological polar surface area (TPSA) is 172 Å². The van der Waals surface area contributed by atoms with Crippen molar-refractivity contribution in [1.29, 1.82) is 0 Å². The van der Waals surface area contributed by atoms with Crippen LogP contribution >= 0.6 is 0 Å². The normalized spacial score (nSPS) is 18.7. The van der Waals surface area contributed by atoms with Crippen LogP contribution in [0, 0.1) is 0 Å². The average Bonchev–Trinajstić information content (AvgIpc) is 3.51. The van der Waals surface area contributed by atoms with Gasteiger partial charge in [-0.3, -0.25) is 14.5 Å². The molecule has 1 saturated heterocycles. The maximum atomic E-state index is 13.6. The van der Waals surface area contributed by atoms with Crippen molar-refractivity contribution in [2.45, 2.75) is 103 Å². The first-order valence-electron chi connectivity index (χ1n) is 19.6. The molecule has 2 aromatic carbocycles. The number of alkyl carbamates (subject to hydrolysis) is 1. The number of nitrogens with one attached hydrogen (secondary N) is 2. The van der Waals surface area contributed by atoms with Crippen LogP contribution in [0.25, 0.3) is 22.3 Å². The summed E-state index contributed by atoms with van der Waals surface area (Å²) in [6.45, 7) is 11.8. The highest BCUT2D eigenvalue weighted by Gasteiger charge is 2.45. The number of pyridine rings is 2. The van der Waals surface area contributed by atoms with Gasteiger partial charge in [-0.1, -0.05) is 19.1 Å². The molecule has 1 fully saturated rings. The van der Waals surface area contributed by atoms with Gasteiger partial charge in [-0.2, -0.15) is 0 Å². The largest absolute Gasteiger partial charge is 1.00 e. The van der Waals surface area contributed by atoms with Gasteiger partial charge in [0.1, 0.15) is 30.5 Å². The maximum Gasteiger partial charge on any atom is 0.408 e. The molecule has 5 heterocycles. The number of carbonyl (C=O) groups excluding carboxylic acids is 3. The van der Waals surface area contributed by atoms with Crippen LogP contribution in [0.15, 0.2) is 53.3 Å². The summed E-state index contributed by atoms with van der Waals surface area (Å²) in [6, 6.07) is 14.6. The van der Waals surface area contributed by atoms with Crippen LogP contribution in [-0.4, -0.2) is 92.0 Å². The van der Waals surface area contributed by atoms with Crippen molar-refractivity contribution in [2.75, 3.05) is 32.5 Å². The van der Waals surface area contributed by atoms with Crippen LogP contribution in [0.1, 0.15) is 81.7 Å². The molecule has 0 radical (unpaired) electrons. The summed E-state index contributed by atoms with van der Waals surface area (Å²) in [5, 5.41) is 28.6. The molecule has 7 rings (SSSR count). The standard InChI is InChI=1S/C43H52N6O8.BrH/c1-8-43(55)33-20-35-37-27(21-48(35)39(52)32(33)24-56-40(43)53)19-30-31(36(50)14-13-34(30)46-37)22-47-17-15-29(16-18-47)49(6,7)23-26-9-11-28(12-10-26)45-38(51)25(2)44-41(54)57-42(3,4)5;/h9-14,19-20,25,29,55H,8,15-18,21-24H2,1-7H3,(H2-,44,45,50,51,52,54);1H/t25?,43-;/m0./s1. The van der Waals surface area contributed by atoms with Gasteiger partial charge in [0.05, 0.1) is 49.1 Å². The third-order valence-corrected chi connectivity index (χ3v) is 11.6. The quantitative estimate of drug-likeness (QED) is 0.127. The number of halogens is 1. The van der Waals surface area contributed by atoms with Crippen molar-refractivity contribution in [3.05, 3.63) is 86.7 Å². The minimum Gasteiger partial charge on any atom is -1.00 e. The molecule has 3 aliphatic rings. The van der Waals surface area contributed by atoms with E-state index in [4.69, 9.17) is 14.5 Å². The Bertz CT molecular complexity index is 2310. The number of hydrogen-bond acceptors (Lipinski definition) is 10. The molecule has 15 heteroatoms. The van der Waals surface area contributed by atoms with Gasteiger partial charge in [0.2, 0.25) is 5.91 Å². The lowest BCUT2D eigenvalue weighted by Gasteiger charge is -2.43. The first-order valence-corrected chi connectivity index (χ1v) is 19.6. The van der Waals surface area contributed by atoms with E-state index in [1.165, 1.54) is 0 Å². The van der Waals surface area contributed by atoms with Gasteiger partial charge in [0.25, 0.3) is 5.56 Å². The third-order valence-electron chi connectivity index (χ3n) is 11.6. The SMILES string of the molecule is CC[C@@]1(O)C(=O)OCc2c1cc1n(c2=O)Cc2cc3c(CN4CCC([N+](C)(C)Cc5ccc(NC(=O)C(C)NC(=O)OC(C)(C)C)cc5)CC4)c(O)ccc3nc2-1.[Br-]. The summed E-state index contributed by atoms with van der Waals surface area (Å²) in [4.78, 5) is 58.3. The molecule has 4 aromatic rings. The number of aromatic hydroxyl groups is 1. The number of esters is 1. The number of benzene rings is 2. The number of quaternary nitrogens is 1. The number of aromatic nitrogens is 2. The summed E-state index contributed by atoms with van der Waals surface area (Å²) in [5.74, 6) is -0.894. The lowest BCUT2D eigenvalue weighted by atomic mass is 9.86. The second kappa shape index (κ2) is 16.1. The van der Waals surface area contributed by atoms with E-state index in [9.17, 15) is 29.4 Å². The predicted octanol–water partition coefficient (Wildman–Crippen LogP) is 1.88. The highest BCUT2D eigenvalue weighted by atomic mass is 79.9. The van der Waals surface area contributed by atoms with Crippen LogP contribution in [0.5, 0.6) is 5.75 Å². The summed E-state index contributed by atoms with van der Waals surface area (Å²) < 4.78 is 12.9. The van der Waals surface area contributed by atoms with E-state index in [0.29, 0.717) is 35.2 Å². The van der Waals surface area contributed by atoms with Crippen molar-refractivity contribution >= 4 is 34.6 Å². The zero-order valence-electron chi connectivity index (χ0n) is 34.1. The molecule has 0 aliphatic carbocycles. The Morgan fingerprint density at radius 1 is 1.09 bits per heavy atom. The van der Waals surface area contributed by atoms with Gasteiger partial charge in [-0.25, -0.2) is 14.6 Å². The number of phenols is 1. The monoisotopic (exact) mass is 860 g/mol. The number of cyclic esters (lactones) is 1. The molecule has 0 spiro atoms. The number of rotatable bonds is 9. The van der Waals surface area contributed by atoms with E-state index in [-0.39, 0.29) is 64.9 Å². The van der Waals surface area contributed by atoms with Crippen LogP contribution < -0.4 is 33.2 Å². The van der Waals surface area contributed by atoms with Crippen molar-refractivity contribution < 1.29 is 55.5 Å². The highest BCUT2D eigenvalue weighted by Crippen LogP contribution is 2.40. The number of anilines is 1. The van der Waals surface area contributed by atoms with E-state index < -0.39 is 29.3 Å². The lowest BCUT2D eigenvalue weighted by molar-refractivity contribution is -0.929. The van der Waals surface area contributed by atoms with Gasteiger partial charge in [0.15, 0.2) is 5.60 Å². The third kappa shape index (κ3) is 8.35. The summed E-state index contributed by atoms with van der Waals surface area (Å²) in [6.07, 6.45) is 1.38. The number of carbonyl (C=O) groups is 3. The minimum absolute atomic E-state index is 0. The fourth-order valence-corrected chi connectivity index (χ4v) is 8.36. The number of likely N-dealkylation sites (tertiary alicyclic amines) is 1. The number of hydrogen-bond donors (Lipinski definition) is 4. The molecule has 0 saturated carbocycles. The van der Waals surface area contributed by atoms with Crippen LogP contribution in [0.3, 0.4) is 0 Å². The number of ether oxygens (including phenoxy) is 2. The molecule has 58 heavy (non-hydrogen) atoms. The minimum atomic E-state index is -1.89. The number of aliphatic hydroxyl groups is 1. The number of phenolic OH excluding ortho intramolecular Hbond substituents is 1. The summed E-state index contributed by atoms with van der Waals surface area (Å²) in [5.41, 5.74) is 2.99. The number of amides is 2. The fourth-order valence-electron chi connectivity index (χ4n) is 8.36. The zero-order chi connectivity index (χ0) is 41.0. The summed E-state index contributed by atoms with van der Waals surface area (Å²) in [7, 11) is 4.49. The van der Waals surface area contributed by atoms with E-state index in [1.807, 2.05) is 30.3 Å². The van der Waals surface area contributed by atoms with Gasteiger partial charge in [0, 0.05) is 65.8 Å². The fraction of sp³-hybridized carbons (Fsp3) is 0.465. The lowest BCUT2D eigenvalue weighted by Crippen LogP contribution is -3.00. The Hall–Kier alpha value is -4.83.